The number of carbonyl (C=O) groups excluding carboxylic acids is 1. The van der Waals surface area contributed by atoms with Gasteiger partial charge in [-0.05, 0) is 72.5 Å². The van der Waals surface area contributed by atoms with E-state index in [0.717, 1.165) is 52.1 Å². The molecule has 6 heteroatoms. The van der Waals surface area contributed by atoms with Gasteiger partial charge in [-0.25, -0.2) is 0 Å². The molecule has 1 heterocycles. The quantitative estimate of drug-likeness (QED) is 0.350. The molecule has 1 aliphatic rings. The standard InChI is InChI=1S/C28H29N3O3/c1-18(21-8-9-23-17-25(33-2)15-12-22(23)16-21)26(32)29-24-13-10-20(11-14-24)28-31-30-27(34-28)19-6-4-3-5-7-19/h8-19H,3-7H2,1-2H3,(H,29,32). The first-order valence-electron chi connectivity index (χ1n) is 11.9. The van der Waals surface area contributed by atoms with E-state index in [4.69, 9.17) is 9.15 Å². The molecule has 4 aromatic rings. The Bertz CT molecular complexity index is 1290. The van der Waals surface area contributed by atoms with E-state index in [0.29, 0.717) is 11.8 Å². The maximum Gasteiger partial charge on any atom is 0.247 e. The van der Waals surface area contributed by atoms with Crippen LogP contribution in [0, 0.1) is 0 Å². The van der Waals surface area contributed by atoms with Gasteiger partial charge in [-0.15, -0.1) is 10.2 Å². The summed E-state index contributed by atoms with van der Waals surface area (Å²) in [4.78, 5) is 12.9. The number of aromatic nitrogens is 2. The van der Waals surface area contributed by atoms with E-state index in [1.807, 2.05) is 61.5 Å². The molecular weight excluding hydrogens is 426 g/mol. The maximum absolute atomic E-state index is 12.9. The van der Waals surface area contributed by atoms with Crippen LogP contribution in [-0.4, -0.2) is 23.2 Å². The number of anilines is 1. The summed E-state index contributed by atoms with van der Waals surface area (Å²) in [5, 5.41) is 13.7. The molecule has 1 aliphatic carbocycles. The smallest absolute Gasteiger partial charge is 0.247 e. The van der Waals surface area contributed by atoms with Crippen LogP contribution in [0.1, 0.15) is 62.3 Å². The lowest BCUT2D eigenvalue weighted by Gasteiger charge is -2.17. The first-order valence-corrected chi connectivity index (χ1v) is 11.9. The molecular formula is C28H29N3O3. The van der Waals surface area contributed by atoms with Gasteiger partial charge in [0.2, 0.25) is 17.7 Å². The molecule has 1 amide bonds. The Morgan fingerprint density at radius 2 is 1.71 bits per heavy atom. The molecule has 1 N–H and O–H groups in total. The molecule has 5 rings (SSSR count). The van der Waals surface area contributed by atoms with Crippen LogP contribution in [0.15, 0.2) is 65.1 Å². The summed E-state index contributed by atoms with van der Waals surface area (Å²) < 4.78 is 11.3. The number of fused-ring (bicyclic) bond motifs is 1. The predicted molar refractivity (Wildman–Crippen MR) is 133 cm³/mol. The van der Waals surface area contributed by atoms with Crippen molar-refractivity contribution >= 4 is 22.4 Å². The number of nitrogens with one attached hydrogen (secondary N) is 1. The van der Waals surface area contributed by atoms with Gasteiger partial charge in [0.05, 0.1) is 13.0 Å². The van der Waals surface area contributed by atoms with Gasteiger partial charge < -0.3 is 14.5 Å². The topological polar surface area (TPSA) is 77.2 Å². The van der Waals surface area contributed by atoms with E-state index in [1.54, 1.807) is 7.11 Å². The van der Waals surface area contributed by atoms with Crippen molar-refractivity contribution in [2.45, 2.75) is 50.9 Å². The lowest BCUT2D eigenvalue weighted by Crippen LogP contribution is -2.18. The third-order valence-electron chi connectivity index (χ3n) is 6.76. The zero-order valence-electron chi connectivity index (χ0n) is 19.6. The van der Waals surface area contributed by atoms with Crippen LogP contribution in [-0.2, 0) is 4.79 Å². The van der Waals surface area contributed by atoms with Gasteiger partial charge in [0.15, 0.2) is 0 Å². The first kappa shape index (κ1) is 22.1. The zero-order valence-corrected chi connectivity index (χ0v) is 19.6. The summed E-state index contributed by atoms with van der Waals surface area (Å²) in [5.74, 6) is 2.12. The Labute approximate surface area is 199 Å². The number of hydrogen-bond acceptors (Lipinski definition) is 5. The fraction of sp³-hybridized carbons (Fsp3) is 0.321. The predicted octanol–water partition coefficient (Wildman–Crippen LogP) is 6.69. The van der Waals surface area contributed by atoms with Crippen molar-refractivity contribution < 1.29 is 13.9 Å². The minimum Gasteiger partial charge on any atom is -0.497 e. The monoisotopic (exact) mass is 455 g/mol. The highest BCUT2D eigenvalue weighted by Crippen LogP contribution is 2.33. The van der Waals surface area contributed by atoms with E-state index < -0.39 is 0 Å². The largest absolute Gasteiger partial charge is 0.497 e. The van der Waals surface area contributed by atoms with Crippen molar-refractivity contribution in [1.82, 2.24) is 10.2 Å². The van der Waals surface area contributed by atoms with Gasteiger partial charge in [-0.1, -0.05) is 43.5 Å². The fourth-order valence-corrected chi connectivity index (χ4v) is 4.60. The van der Waals surface area contributed by atoms with E-state index in [2.05, 4.69) is 21.6 Å². The number of methoxy groups -OCH3 is 1. The van der Waals surface area contributed by atoms with Crippen LogP contribution < -0.4 is 10.1 Å². The van der Waals surface area contributed by atoms with Gasteiger partial charge in [0.25, 0.3) is 0 Å². The Morgan fingerprint density at radius 3 is 2.47 bits per heavy atom. The molecule has 1 unspecified atom stereocenters. The molecule has 174 valence electrons. The van der Waals surface area contributed by atoms with Crippen LogP contribution in [0.25, 0.3) is 22.2 Å². The molecule has 34 heavy (non-hydrogen) atoms. The van der Waals surface area contributed by atoms with Crippen molar-refractivity contribution in [3.63, 3.8) is 0 Å². The van der Waals surface area contributed by atoms with Crippen molar-refractivity contribution in [3.8, 4) is 17.2 Å². The zero-order chi connectivity index (χ0) is 23.5. The molecule has 0 bridgehead atoms. The lowest BCUT2D eigenvalue weighted by molar-refractivity contribution is -0.117. The van der Waals surface area contributed by atoms with E-state index in [9.17, 15) is 4.79 Å². The third-order valence-corrected chi connectivity index (χ3v) is 6.76. The number of carbonyl (C=O) groups is 1. The maximum atomic E-state index is 12.9. The molecule has 6 nitrogen and oxygen atoms in total. The lowest BCUT2D eigenvalue weighted by atomic mass is 9.89. The number of rotatable bonds is 6. The first-order chi connectivity index (χ1) is 16.6. The summed E-state index contributed by atoms with van der Waals surface area (Å²) in [5.41, 5.74) is 2.55. The van der Waals surface area contributed by atoms with Crippen molar-refractivity contribution in [3.05, 3.63) is 72.1 Å². The summed E-state index contributed by atoms with van der Waals surface area (Å²) in [6.45, 7) is 1.92. The summed E-state index contributed by atoms with van der Waals surface area (Å²) >= 11 is 0. The molecule has 3 aromatic carbocycles. The highest BCUT2D eigenvalue weighted by molar-refractivity contribution is 5.96. The van der Waals surface area contributed by atoms with Crippen LogP contribution in [0.5, 0.6) is 5.75 Å². The number of ether oxygens (including phenoxy) is 1. The fourth-order valence-electron chi connectivity index (χ4n) is 4.60. The van der Waals surface area contributed by atoms with Gasteiger partial charge >= 0.3 is 0 Å². The Kier molecular flexibility index (Phi) is 6.30. The molecule has 1 fully saturated rings. The van der Waals surface area contributed by atoms with Gasteiger partial charge in [-0.2, -0.15) is 0 Å². The second-order valence-electron chi connectivity index (χ2n) is 9.04. The van der Waals surface area contributed by atoms with Gasteiger partial charge in [-0.3, -0.25) is 4.79 Å². The normalized spacial score (nSPS) is 15.2. The average Bonchev–Trinajstić information content (AvgIpc) is 3.39. The summed E-state index contributed by atoms with van der Waals surface area (Å²) in [6.07, 6.45) is 5.98. The second-order valence-corrected chi connectivity index (χ2v) is 9.04. The molecule has 1 atom stereocenters. The number of nitrogens with zero attached hydrogens (tertiary/aromatic N) is 2. The minimum absolute atomic E-state index is 0.0574. The highest BCUT2D eigenvalue weighted by Gasteiger charge is 2.22. The molecule has 1 aromatic heterocycles. The van der Waals surface area contributed by atoms with Crippen molar-refractivity contribution in [2.75, 3.05) is 12.4 Å². The van der Waals surface area contributed by atoms with Crippen molar-refractivity contribution in [1.29, 1.82) is 0 Å². The summed E-state index contributed by atoms with van der Waals surface area (Å²) in [6, 6.07) is 19.6. The third kappa shape index (κ3) is 4.67. The van der Waals surface area contributed by atoms with Crippen LogP contribution >= 0.6 is 0 Å². The molecule has 0 radical (unpaired) electrons. The minimum atomic E-state index is -0.292. The number of hydrogen-bond donors (Lipinski definition) is 1. The average molecular weight is 456 g/mol. The summed E-state index contributed by atoms with van der Waals surface area (Å²) in [7, 11) is 1.66. The van der Waals surface area contributed by atoms with Crippen LogP contribution in [0.3, 0.4) is 0 Å². The van der Waals surface area contributed by atoms with Gasteiger partial charge in [0, 0.05) is 17.2 Å². The number of amides is 1. The highest BCUT2D eigenvalue weighted by atomic mass is 16.5. The van der Waals surface area contributed by atoms with Crippen LogP contribution in [0.4, 0.5) is 5.69 Å². The van der Waals surface area contributed by atoms with E-state index >= 15 is 0 Å². The SMILES string of the molecule is COc1ccc2cc(C(C)C(=O)Nc3ccc(-c4nnc(C5CCCCC5)o4)cc3)ccc2c1. The molecule has 1 saturated carbocycles. The van der Waals surface area contributed by atoms with Crippen molar-refractivity contribution in [2.24, 2.45) is 0 Å². The Morgan fingerprint density at radius 1 is 0.971 bits per heavy atom. The molecule has 0 aliphatic heterocycles. The number of benzene rings is 3. The molecule has 0 saturated heterocycles. The van der Waals surface area contributed by atoms with E-state index in [-0.39, 0.29) is 11.8 Å². The van der Waals surface area contributed by atoms with E-state index in [1.165, 1.54) is 19.3 Å². The van der Waals surface area contributed by atoms with Gasteiger partial charge in [0.1, 0.15) is 5.75 Å². The Balaban J connectivity index is 1.25. The molecule has 0 spiro atoms. The second kappa shape index (κ2) is 9.67. The van der Waals surface area contributed by atoms with Crippen LogP contribution in [0.2, 0.25) is 0 Å². The Hall–Kier alpha value is -3.67.